The van der Waals surface area contributed by atoms with Crippen LogP contribution in [0.15, 0.2) is 24.5 Å². The maximum atomic E-state index is 12.6. The van der Waals surface area contributed by atoms with Gasteiger partial charge < -0.3 is 14.6 Å². The van der Waals surface area contributed by atoms with Crippen LogP contribution in [0.3, 0.4) is 0 Å². The van der Waals surface area contributed by atoms with E-state index in [0.29, 0.717) is 24.7 Å². The van der Waals surface area contributed by atoms with Gasteiger partial charge in [0, 0.05) is 38.1 Å². The summed E-state index contributed by atoms with van der Waals surface area (Å²) in [6.45, 7) is 5.07. The van der Waals surface area contributed by atoms with Gasteiger partial charge in [0.15, 0.2) is 5.69 Å². The summed E-state index contributed by atoms with van der Waals surface area (Å²) in [7, 11) is 1.52. The standard InChI is InChI=1S/C15H20N6O2/c1-3-20-8-9-21(10-12(20)14-16-6-7-17-14)15(22)11-4-5-13(23-2)19-18-11/h4-7,12H,3,8-10H2,1-2H3,(H,16,17)/t12-/m1/s1. The first-order valence-corrected chi connectivity index (χ1v) is 7.63. The van der Waals surface area contributed by atoms with Gasteiger partial charge >= 0.3 is 0 Å². The molecule has 1 aliphatic heterocycles. The predicted molar refractivity (Wildman–Crippen MR) is 83.1 cm³/mol. The number of nitrogens with one attached hydrogen (secondary N) is 1. The molecular weight excluding hydrogens is 296 g/mol. The van der Waals surface area contributed by atoms with Gasteiger partial charge in [0.2, 0.25) is 5.88 Å². The number of hydrogen-bond donors (Lipinski definition) is 1. The van der Waals surface area contributed by atoms with E-state index in [4.69, 9.17) is 4.74 Å². The largest absolute Gasteiger partial charge is 0.480 e. The Hall–Kier alpha value is -2.48. The molecule has 0 aromatic carbocycles. The highest BCUT2D eigenvalue weighted by Gasteiger charge is 2.32. The van der Waals surface area contributed by atoms with E-state index in [1.54, 1.807) is 29.4 Å². The average Bonchev–Trinajstić information content (AvgIpc) is 3.15. The molecule has 1 aliphatic rings. The van der Waals surface area contributed by atoms with Crippen molar-refractivity contribution in [2.75, 3.05) is 33.3 Å². The molecule has 2 aromatic rings. The molecule has 0 saturated carbocycles. The van der Waals surface area contributed by atoms with Crippen molar-refractivity contribution in [2.24, 2.45) is 0 Å². The lowest BCUT2D eigenvalue weighted by Gasteiger charge is -2.39. The topological polar surface area (TPSA) is 87.2 Å². The van der Waals surface area contributed by atoms with Gasteiger partial charge in [0.05, 0.1) is 13.2 Å². The zero-order valence-electron chi connectivity index (χ0n) is 13.3. The van der Waals surface area contributed by atoms with E-state index in [9.17, 15) is 4.79 Å². The normalized spacial score (nSPS) is 18.9. The van der Waals surface area contributed by atoms with Gasteiger partial charge in [-0.15, -0.1) is 10.2 Å². The number of nitrogens with zero attached hydrogens (tertiary/aromatic N) is 5. The van der Waals surface area contributed by atoms with E-state index in [-0.39, 0.29) is 11.9 Å². The first-order chi connectivity index (χ1) is 11.2. The number of amides is 1. The third kappa shape index (κ3) is 3.16. The summed E-state index contributed by atoms with van der Waals surface area (Å²) >= 11 is 0. The van der Waals surface area contributed by atoms with Gasteiger partial charge in [0.25, 0.3) is 5.91 Å². The lowest BCUT2D eigenvalue weighted by molar-refractivity contribution is 0.0473. The van der Waals surface area contributed by atoms with Gasteiger partial charge in [-0.05, 0) is 12.6 Å². The zero-order chi connectivity index (χ0) is 16.2. The first-order valence-electron chi connectivity index (χ1n) is 7.63. The SMILES string of the molecule is CCN1CCN(C(=O)c2ccc(OC)nn2)C[C@@H]1c1ncc[nH]1. The number of aromatic amines is 1. The Morgan fingerprint density at radius 2 is 2.26 bits per heavy atom. The molecule has 122 valence electrons. The van der Waals surface area contributed by atoms with Crippen LogP contribution in [0.1, 0.15) is 29.3 Å². The molecule has 23 heavy (non-hydrogen) atoms. The molecule has 8 heteroatoms. The van der Waals surface area contributed by atoms with Crippen molar-refractivity contribution in [3.05, 3.63) is 36.0 Å². The molecule has 0 unspecified atom stereocenters. The maximum Gasteiger partial charge on any atom is 0.274 e. The fourth-order valence-corrected chi connectivity index (χ4v) is 2.81. The molecule has 1 atom stereocenters. The first kappa shape index (κ1) is 15.4. The third-order valence-corrected chi connectivity index (χ3v) is 4.09. The molecular formula is C15H20N6O2. The van der Waals surface area contributed by atoms with E-state index in [0.717, 1.165) is 18.9 Å². The number of aromatic nitrogens is 4. The number of H-pyrrole nitrogens is 1. The number of hydrogen-bond acceptors (Lipinski definition) is 6. The Labute approximate surface area is 134 Å². The molecule has 1 fully saturated rings. The Balaban J connectivity index is 1.76. The molecule has 0 aliphatic carbocycles. The number of likely N-dealkylation sites (N-methyl/N-ethyl adjacent to an activating group) is 1. The van der Waals surface area contributed by atoms with Crippen molar-refractivity contribution in [2.45, 2.75) is 13.0 Å². The van der Waals surface area contributed by atoms with Crippen molar-refractivity contribution in [1.29, 1.82) is 0 Å². The van der Waals surface area contributed by atoms with Crippen LogP contribution in [-0.4, -0.2) is 69.2 Å². The fourth-order valence-electron chi connectivity index (χ4n) is 2.81. The smallest absolute Gasteiger partial charge is 0.274 e. The van der Waals surface area contributed by atoms with Crippen molar-refractivity contribution in [3.63, 3.8) is 0 Å². The molecule has 1 amide bonds. The second kappa shape index (κ2) is 6.74. The number of methoxy groups -OCH3 is 1. The van der Waals surface area contributed by atoms with Crippen molar-refractivity contribution in [3.8, 4) is 5.88 Å². The molecule has 0 spiro atoms. The summed E-state index contributed by atoms with van der Waals surface area (Å²) < 4.78 is 4.97. The fraction of sp³-hybridized carbons (Fsp3) is 0.467. The van der Waals surface area contributed by atoms with Crippen molar-refractivity contribution in [1.82, 2.24) is 30.0 Å². The Kier molecular flexibility index (Phi) is 4.52. The summed E-state index contributed by atoms with van der Waals surface area (Å²) in [6, 6.07) is 3.35. The molecule has 3 heterocycles. The van der Waals surface area contributed by atoms with Crippen LogP contribution in [0.25, 0.3) is 0 Å². The van der Waals surface area contributed by atoms with Crippen molar-refractivity contribution < 1.29 is 9.53 Å². The van der Waals surface area contributed by atoms with Crippen LogP contribution < -0.4 is 4.74 Å². The van der Waals surface area contributed by atoms with Crippen LogP contribution in [0.5, 0.6) is 5.88 Å². The minimum Gasteiger partial charge on any atom is -0.480 e. The molecule has 1 saturated heterocycles. The molecule has 8 nitrogen and oxygen atoms in total. The summed E-state index contributed by atoms with van der Waals surface area (Å²) in [5.41, 5.74) is 0.328. The molecule has 0 radical (unpaired) electrons. The van der Waals surface area contributed by atoms with Crippen LogP contribution >= 0.6 is 0 Å². The zero-order valence-corrected chi connectivity index (χ0v) is 13.3. The maximum absolute atomic E-state index is 12.6. The van der Waals surface area contributed by atoms with E-state index in [1.807, 2.05) is 0 Å². The summed E-state index contributed by atoms with van der Waals surface area (Å²) in [4.78, 5) is 24.3. The van der Waals surface area contributed by atoms with E-state index >= 15 is 0 Å². The van der Waals surface area contributed by atoms with Crippen molar-refractivity contribution >= 4 is 5.91 Å². The highest BCUT2D eigenvalue weighted by Crippen LogP contribution is 2.23. The van der Waals surface area contributed by atoms with Gasteiger partial charge in [-0.25, -0.2) is 4.98 Å². The Morgan fingerprint density at radius 1 is 1.39 bits per heavy atom. The second-order valence-electron chi connectivity index (χ2n) is 5.33. The molecule has 2 aromatic heterocycles. The summed E-state index contributed by atoms with van der Waals surface area (Å²) in [6.07, 6.45) is 3.54. The van der Waals surface area contributed by atoms with E-state index in [2.05, 4.69) is 32.0 Å². The van der Waals surface area contributed by atoms with E-state index in [1.165, 1.54) is 7.11 Å². The van der Waals surface area contributed by atoms with Crippen LogP contribution in [0.2, 0.25) is 0 Å². The van der Waals surface area contributed by atoms with Gasteiger partial charge in [-0.1, -0.05) is 6.92 Å². The monoisotopic (exact) mass is 316 g/mol. The lowest BCUT2D eigenvalue weighted by atomic mass is 10.1. The highest BCUT2D eigenvalue weighted by atomic mass is 16.5. The predicted octanol–water partition coefficient (Wildman–Crippen LogP) is 0.727. The molecule has 1 N–H and O–H groups in total. The third-order valence-electron chi connectivity index (χ3n) is 4.09. The number of ether oxygens (including phenoxy) is 1. The minimum atomic E-state index is -0.118. The van der Waals surface area contributed by atoms with Gasteiger partial charge in [-0.3, -0.25) is 9.69 Å². The van der Waals surface area contributed by atoms with Gasteiger partial charge in [0.1, 0.15) is 5.82 Å². The number of carbonyl (C=O) groups is 1. The van der Waals surface area contributed by atoms with Gasteiger partial charge in [-0.2, -0.15) is 0 Å². The molecule has 0 bridgehead atoms. The Morgan fingerprint density at radius 3 is 2.87 bits per heavy atom. The number of rotatable bonds is 4. The van der Waals surface area contributed by atoms with E-state index < -0.39 is 0 Å². The van der Waals surface area contributed by atoms with Crippen LogP contribution in [0.4, 0.5) is 0 Å². The molecule has 3 rings (SSSR count). The summed E-state index contributed by atoms with van der Waals surface area (Å²) in [5, 5.41) is 7.81. The number of carbonyl (C=O) groups excluding carboxylic acids is 1. The Bertz CT molecular complexity index is 642. The second-order valence-corrected chi connectivity index (χ2v) is 5.33. The van der Waals surface area contributed by atoms with Crippen LogP contribution in [-0.2, 0) is 0 Å². The summed E-state index contributed by atoms with van der Waals surface area (Å²) in [5.74, 6) is 1.16. The quantitative estimate of drug-likeness (QED) is 0.894. The lowest BCUT2D eigenvalue weighted by Crippen LogP contribution is -2.50. The number of piperazine rings is 1. The number of imidazole rings is 1. The highest BCUT2D eigenvalue weighted by molar-refractivity contribution is 5.92. The van der Waals surface area contributed by atoms with Crippen LogP contribution in [0, 0.1) is 0 Å². The average molecular weight is 316 g/mol. The minimum absolute atomic E-state index is 0.0684.